The summed E-state index contributed by atoms with van der Waals surface area (Å²) in [6.45, 7) is 12.9. The summed E-state index contributed by atoms with van der Waals surface area (Å²) in [7, 11) is 0. The number of amides is 1. The zero-order valence-corrected chi connectivity index (χ0v) is 11.0. The van der Waals surface area contributed by atoms with Gasteiger partial charge in [0.1, 0.15) is 0 Å². The van der Waals surface area contributed by atoms with Gasteiger partial charge in [0, 0.05) is 12.6 Å². The zero-order valence-electron chi connectivity index (χ0n) is 11.0. The van der Waals surface area contributed by atoms with Crippen molar-refractivity contribution in [3.8, 4) is 0 Å². The van der Waals surface area contributed by atoms with Gasteiger partial charge in [0.15, 0.2) is 0 Å². The van der Waals surface area contributed by atoms with Gasteiger partial charge in [-0.2, -0.15) is 0 Å². The van der Waals surface area contributed by atoms with Gasteiger partial charge in [0.2, 0.25) is 5.91 Å². The largest absolute Gasteiger partial charge is 0.339 e. The molecule has 0 bridgehead atoms. The van der Waals surface area contributed by atoms with E-state index >= 15 is 0 Å². The number of hydrogen-bond acceptors (Lipinski definition) is 2. The van der Waals surface area contributed by atoms with Crippen LogP contribution in [-0.4, -0.2) is 29.4 Å². The lowest BCUT2D eigenvalue weighted by molar-refractivity contribution is -0.136. The molecule has 0 spiro atoms. The summed E-state index contributed by atoms with van der Waals surface area (Å²) < 4.78 is 0. The predicted octanol–water partition coefficient (Wildman–Crippen LogP) is 2.01. The lowest BCUT2D eigenvalue weighted by atomic mass is 9.86. The second kappa shape index (κ2) is 5.50. The lowest BCUT2D eigenvalue weighted by Crippen LogP contribution is -2.52. The molecule has 3 heteroatoms. The van der Waals surface area contributed by atoms with Gasteiger partial charge >= 0.3 is 0 Å². The summed E-state index contributed by atoms with van der Waals surface area (Å²) in [6.07, 6.45) is 0.973. The molecule has 0 saturated heterocycles. The zero-order chi connectivity index (χ0) is 12.2. The minimum Gasteiger partial charge on any atom is -0.339 e. The highest BCUT2D eigenvalue weighted by Gasteiger charge is 2.31. The molecule has 0 saturated carbocycles. The normalized spacial score (nSPS) is 14.1. The molecule has 1 unspecified atom stereocenters. The summed E-state index contributed by atoms with van der Waals surface area (Å²) in [6, 6.07) is -0.183. The molecule has 0 aromatic rings. The highest BCUT2D eigenvalue weighted by molar-refractivity contribution is 5.82. The third kappa shape index (κ3) is 4.20. The summed E-state index contributed by atoms with van der Waals surface area (Å²) in [5.41, 5.74) is 5.80. The Morgan fingerprint density at radius 3 is 2.07 bits per heavy atom. The average molecular weight is 214 g/mol. The van der Waals surface area contributed by atoms with Crippen LogP contribution < -0.4 is 5.73 Å². The number of rotatable bonds is 4. The third-order valence-corrected chi connectivity index (χ3v) is 2.57. The first-order chi connectivity index (χ1) is 6.71. The molecule has 15 heavy (non-hydrogen) atoms. The van der Waals surface area contributed by atoms with Crippen molar-refractivity contribution >= 4 is 5.91 Å². The van der Waals surface area contributed by atoms with Crippen molar-refractivity contribution in [3.63, 3.8) is 0 Å². The Hall–Kier alpha value is -0.570. The molecule has 1 atom stereocenters. The molecular weight excluding hydrogens is 188 g/mol. The van der Waals surface area contributed by atoms with Gasteiger partial charge < -0.3 is 10.6 Å². The number of nitrogens with two attached hydrogens (primary N) is 1. The van der Waals surface area contributed by atoms with E-state index < -0.39 is 6.04 Å². The fourth-order valence-corrected chi connectivity index (χ4v) is 1.41. The van der Waals surface area contributed by atoms with Crippen LogP contribution in [-0.2, 0) is 4.79 Å². The van der Waals surface area contributed by atoms with Crippen molar-refractivity contribution in [2.75, 3.05) is 6.54 Å². The van der Waals surface area contributed by atoms with Crippen LogP contribution >= 0.6 is 0 Å². The van der Waals surface area contributed by atoms with Crippen LogP contribution in [0.5, 0.6) is 0 Å². The number of carbonyl (C=O) groups is 1. The standard InChI is InChI=1S/C12H26N2O/c1-7-8-14(9(2)3)11(15)10(13)12(4,5)6/h9-10H,7-8,13H2,1-6H3. The Balaban J connectivity index is 4.64. The van der Waals surface area contributed by atoms with E-state index in [0.29, 0.717) is 0 Å². The molecular formula is C12H26N2O. The second-order valence-electron chi connectivity index (χ2n) is 5.47. The Kier molecular flexibility index (Phi) is 5.29. The van der Waals surface area contributed by atoms with E-state index in [1.54, 1.807) is 0 Å². The van der Waals surface area contributed by atoms with Crippen LogP contribution in [0, 0.1) is 5.41 Å². The first-order valence-corrected chi connectivity index (χ1v) is 5.77. The van der Waals surface area contributed by atoms with E-state index in [1.807, 2.05) is 39.5 Å². The van der Waals surface area contributed by atoms with Crippen molar-refractivity contribution in [2.24, 2.45) is 11.1 Å². The number of hydrogen-bond donors (Lipinski definition) is 1. The van der Waals surface area contributed by atoms with Crippen LogP contribution in [0.3, 0.4) is 0 Å². The van der Waals surface area contributed by atoms with E-state index in [-0.39, 0.29) is 17.4 Å². The SMILES string of the molecule is CCCN(C(=O)C(N)C(C)(C)C)C(C)C. The van der Waals surface area contributed by atoms with Crippen LogP contribution in [0.4, 0.5) is 0 Å². The van der Waals surface area contributed by atoms with Crippen LogP contribution in [0.1, 0.15) is 48.0 Å². The Labute approximate surface area is 94.0 Å². The molecule has 1 amide bonds. The van der Waals surface area contributed by atoms with Gasteiger partial charge in [-0.3, -0.25) is 4.79 Å². The van der Waals surface area contributed by atoms with Crippen molar-refractivity contribution < 1.29 is 4.79 Å². The fraction of sp³-hybridized carbons (Fsp3) is 0.917. The molecule has 3 nitrogen and oxygen atoms in total. The Bertz CT molecular complexity index is 206. The van der Waals surface area contributed by atoms with E-state index in [0.717, 1.165) is 13.0 Å². The van der Waals surface area contributed by atoms with Crippen LogP contribution in [0.2, 0.25) is 0 Å². The molecule has 0 fully saturated rings. The van der Waals surface area contributed by atoms with E-state index in [9.17, 15) is 4.79 Å². The molecule has 0 aliphatic rings. The van der Waals surface area contributed by atoms with Gasteiger partial charge in [-0.1, -0.05) is 27.7 Å². The van der Waals surface area contributed by atoms with Crippen LogP contribution in [0.25, 0.3) is 0 Å². The number of nitrogens with zero attached hydrogens (tertiary/aromatic N) is 1. The van der Waals surface area contributed by atoms with Gasteiger partial charge in [-0.05, 0) is 25.7 Å². The van der Waals surface area contributed by atoms with Crippen molar-refractivity contribution in [1.29, 1.82) is 0 Å². The highest BCUT2D eigenvalue weighted by Crippen LogP contribution is 2.20. The smallest absolute Gasteiger partial charge is 0.240 e. The molecule has 0 radical (unpaired) electrons. The van der Waals surface area contributed by atoms with Crippen molar-refractivity contribution in [1.82, 2.24) is 4.90 Å². The summed E-state index contributed by atoms with van der Waals surface area (Å²) in [5.74, 6) is 0.0688. The Morgan fingerprint density at radius 2 is 1.80 bits per heavy atom. The summed E-state index contributed by atoms with van der Waals surface area (Å²) >= 11 is 0. The quantitative estimate of drug-likeness (QED) is 0.778. The van der Waals surface area contributed by atoms with Gasteiger partial charge in [-0.15, -0.1) is 0 Å². The van der Waals surface area contributed by atoms with Crippen LogP contribution in [0.15, 0.2) is 0 Å². The molecule has 0 aromatic carbocycles. The van der Waals surface area contributed by atoms with Crippen molar-refractivity contribution in [3.05, 3.63) is 0 Å². The molecule has 90 valence electrons. The minimum absolute atomic E-state index is 0.0688. The molecule has 2 N–H and O–H groups in total. The van der Waals surface area contributed by atoms with Crippen molar-refractivity contribution in [2.45, 2.75) is 60.0 Å². The second-order valence-corrected chi connectivity index (χ2v) is 5.47. The maximum Gasteiger partial charge on any atom is 0.240 e. The average Bonchev–Trinajstić information content (AvgIpc) is 2.09. The van der Waals surface area contributed by atoms with E-state index in [4.69, 9.17) is 5.73 Å². The van der Waals surface area contributed by atoms with Gasteiger partial charge in [0.05, 0.1) is 6.04 Å². The van der Waals surface area contributed by atoms with Gasteiger partial charge in [0.25, 0.3) is 0 Å². The molecule has 0 aliphatic carbocycles. The minimum atomic E-state index is -0.411. The van der Waals surface area contributed by atoms with Gasteiger partial charge in [-0.25, -0.2) is 0 Å². The highest BCUT2D eigenvalue weighted by atomic mass is 16.2. The van der Waals surface area contributed by atoms with E-state index in [2.05, 4.69) is 6.92 Å². The first-order valence-electron chi connectivity index (χ1n) is 5.77. The first kappa shape index (κ1) is 14.4. The fourth-order valence-electron chi connectivity index (χ4n) is 1.41. The summed E-state index contributed by atoms with van der Waals surface area (Å²) in [4.78, 5) is 14.0. The Morgan fingerprint density at radius 1 is 1.33 bits per heavy atom. The maximum atomic E-state index is 12.1. The summed E-state index contributed by atoms with van der Waals surface area (Å²) in [5, 5.41) is 0. The third-order valence-electron chi connectivity index (χ3n) is 2.57. The molecule has 0 heterocycles. The number of carbonyl (C=O) groups excluding carboxylic acids is 1. The molecule has 0 aromatic heterocycles. The lowest BCUT2D eigenvalue weighted by Gasteiger charge is -2.34. The maximum absolute atomic E-state index is 12.1. The monoisotopic (exact) mass is 214 g/mol. The predicted molar refractivity (Wildman–Crippen MR) is 64.6 cm³/mol. The molecule has 0 rings (SSSR count). The molecule has 0 aliphatic heterocycles. The topological polar surface area (TPSA) is 46.3 Å². The van der Waals surface area contributed by atoms with E-state index in [1.165, 1.54) is 0 Å².